The van der Waals surface area contributed by atoms with Crippen molar-refractivity contribution in [2.75, 3.05) is 26.2 Å². The van der Waals surface area contributed by atoms with E-state index in [-0.39, 0.29) is 77.2 Å². The minimum atomic E-state index is -4.13. The minimum Gasteiger partial charge on any atom is -0.490 e. The first kappa shape index (κ1) is 39.8. The molecule has 4 aliphatic heterocycles. The van der Waals surface area contributed by atoms with Crippen LogP contribution in [0, 0.1) is 5.92 Å². The number of sulfonamides is 1. The molecule has 55 heavy (non-hydrogen) atoms. The van der Waals surface area contributed by atoms with Gasteiger partial charge in [-0.1, -0.05) is 59.1 Å². The Morgan fingerprint density at radius 2 is 1.47 bits per heavy atom. The van der Waals surface area contributed by atoms with Crippen molar-refractivity contribution in [3.05, 3.63) is 92.4 Å². The Balaban J connectivity index is 1.44. The van der Waals surface area contributed by atoms with Crippen LogP contribution in [0.4, 0.5) is 4.79 Å². The van der Waals surface area contributed by atoms with E-state index in [0.29, 0.717) is 41.5 Å². The molecule has 4 aliphatic rings. The second-order valence-corrected chi connectivity index (χ2v) is 18.7. The first-order valence-electron chi connectivity index (χ1n) is 18.7. The molecule has 3 amide bonds. The van der Waals surface area contributed by atoms with Crippen LogP contribution in [0.2, 0.25) is 15.1 Å². The molecule has 3 aromatic rings. The molecule has 15 heteroatoms. The van der Waals surface area contributed by atoms with Gasteiger partial charge in [0, 0.05) is 48.7 Å². The first-order chi connectivity index (χ1) is 26.0. The smallest absolute Gasteiger partial charge is 0.326 e. The van der Waals surface area contributed by atoms with E-state index in [1.807, 2.05) is 52.0 Å². The fourth-order valence-electron chi connectivity index (χ4n) is 8.49. The number of benzene rings is 3. The van der Waals surface area contributed by atoms with Gasteiger partial charge in [-0.3, -0.25) is 14.7 Å². The molecule has 2 bridgehead atoms. The molecule has 0 radical (unpaired) electrons. The van der Waals surface area contributed by atoms with Crippen molar-refractivity contribution in [1.29, 1.82) is 0 Å². The first-order valence-corrected chi connectivity index (χ1v) is 21.2. The second-order valence-electron chi connectivity index (χ2n) is 15.5. The number of amidine groups is 1. The average Bonchev–Trinajstić information content (AvgIpc) is 3.59. The maximum atomic E-state index is 15.4. The molecule has 0 saturated carbocycles. The van der Waals surface area contributed by atoms with Crippen molar-refractivity contribution in [2.24, 2.45) is 16.6 Å². The Bertz CT molecular complexity index is 2100. The molecule has 3 saturated heterocycles. The summed E-state index contributed by atoms with van der Waals surface area (Å²) in [6.07, 6.45) is 2.30. The number of piperidine rings is 1. The summed E-state index contributed by atoms with van der Waals surface area (Å²) in [6, 6.07) is 17.3. The van der Waals surface area contributed by atoms with Gasteiger partial charge in [-0.2, -0.15) is 4.31 Å². The summed E-state index contributed by atoms with van der Waals surface area (Å²) in [4.78, 5) is 35.9. The SMILES string of the molecule is CC(C)Oc1cc(Cl)c(S(=O)(=O)N2C[C@H]3CC[C@H](C2)O3)cc1C1=N[C@@](C)(c2ccc(Cl)cc2)[C@@](C)(c2ccc(Cl)cc2)N1C(=O)N1CCC(CC(N)=O)CC1. The molecular formula is C40H46Cl3N5O6S. The van der Waals surface area contributed by atoms with Crippen molar-refractivity contribution in [1.82, 2.24) is 14.1 Å². The number of rotatable bonds is 9. The molecule has 4 heterocycles. The van der Waals surface area contributed by atoms with Crippen LogP contribution >= 0.6 is 34.8 Å². The predicted molar refractivity (Wildman–Crippen MR) is 213 cm³/mol. The highest BCUT2D eigenvalue weighted by molar-refractivity contribution is 7.89. The van der Waals surface area contributed by atoms with Crippen molar-refractivity contribution >= 4 is 62.6 Å². The molecule has 294 valence electrons. The standard InChI is InChI=1S/C40H46Cl3N5O6S/c1-24(2)53-34-21-33(43)35(55(51,52)47-22-30-13-14-31(23-47)54-30)20-32(34)37-45-39(3,26-5-9-28(41)10-6-26)40(4,27-7-11-29(42)12-8-27)48(37)38(50)46-17-15-25(16-18-46)19-36(44)49/h5-12,20-21,24-25,30-31H,13-19,22-23H2,1-4H3,(H2,44,49)/t30-,31-,39+,40-/m1/s1. The lowest BCUT2D eigenvalue weighted by Crippen LogP contribution is -2.59. The zero-order valence-electron chi connectivity index (χ0n) is 31.3. The largest absolute Gasteiger partial charge is 0.490 e. The molecule has 0 aliphatic carbocycles. The Morgan fingerprint density at radius 1 is 0.909 bits per heavy atom. The molecule has 7 rings (SSSR count). The number of carbonyl (C=O) groups excluding carboxylic acids is 2. The van der Waals surface area contributed by atoms with Crippen LogP contribution in [0.25, 0.3) is 0 Å². The average molecular weight is 831 g/mol. The van der Waals surface area contributed by atoms with Crippen molar-refractivity contribution < 1.29 is 27.5 Å². The monoisotopic (exact) mass is 829 g/mol. The number of morpholine rings is 1. The summed E-state index contributed by atoms with van der Waals surface area (Å²) in [5.74, 6) is 0.172. The van der Waals surface area contributed by atoms with Gasteiger partial charge in [0.2, 0.25) is 15.9 Å². The van der Waals surface area contributed by atoms with Crippen LogP contribution in [0.3, 0.4) is 0 Å². The van der Waals surface area contributed by atoms with Gasteiger partial charge in [-0.15, -0.1) is 0 Å². The summed E-state index contributed by atoms with van der Waals surface area (Å²) in [5.41, 5.74) is 4.94. The Morgan fingerprint density at radius 3 is 2.02 bits per heavy atom. The van der Waals surface area contributed by atoms with E-state index < -0.39 is 21.1 Å². The third kappa shape index (κ3) is 7.34. The van der Waals surface area contributed by atoms with Crippen molar-refractivity contribution in [3.63, 3.8) is 0 Å². The number of ether oxygens (including phenoxy) is 2. The highest BCUT2D eigenvalue weighted by atomic mass is 35.5. The van der Waals surface area contributed by atoms with E-state index in [9.17, 15) is 13.2 Å². The number of primary amides is 1. The maximum absolute atomic E-state index is 15.4. The normalized spacial score (nSPS) is 26.1. The van der Waals surface area contributed by atoms with Crippen molar-refractivity contribution in [3.8, 4) is 5.75 Å². The van der Waals surface area contributed by atoms with Gasteiger partial charge in [0.1, 0.15) is 27.6 Å². The lowest BCUT2D eigenvalue weighted by molar-refractivity contribution is -0.119. The van der Waals surface area contributed by atoms with Gasteiger partial charge in [-0.25, -0.2) is 13.2 Å². The Hall–Kier alpha value is -3.39. The number of fused-ring (bicyclic) bond motifs is 2. The topological polar surface area (TPSA) is 135 Å². The number of nitrogens with zero attached hydrogens (tertiary/aromatic N) is 4. The summed E-state index contributed by atoms with van der Waals surface area (Å²) >= 11 is 19.7. The molecule has 3 aromatic carbocycles. The van der Waals surface area contributed by atoms with Crippen LogP contribution in [-0.2, 0) is 30.6 Å². The number of nitrogens with two attached hydrogens (primary N) is 1. The highest BCUT2D eigenvalue weighted by Crippen LogP contribution is 2.54. The zero-order chi connectivity index (χ0) is 39.4. The number of hydrogen-bond donors (Lipinski definition) is 1. The third-order valence-electron chi connectivity index (χ3n) is 11.6. The van der Waals surface area contributed by atoms with Gasteiger partial charge in [0.05, 0.1) is 28.9 Å². The Labute approximate surface area is 337 Å². The van der Waals surface area contributed by atoms with E-state index in [2.05, 4.69) is 0 Å². The quantitative estimate of drug-likeness (QED) is 0.236. The molecule has 4 atom stereocenters. The van der Waals surface area contributed by atoms with Gasteiger partial charge in [0.15, 0.2) is 0 Å². The zero-order valence-corrected chi connectivity index (χ0v) is 34.4. The highest BCUT2D eigenvalue weighted by Gasteiger charge is 2.60. The summed E-state index contributed by atoms with van der Waals surface area (Å²) < 4.78 is 42.8. The van der Waals surface area contributed by atoms with Crippen LogP contribution in [0.1, 0.15) is 76.5 Å². The van der Waals surface area contributed by atoms with Crippen LogP contribution < -0.4 is 10.5 Å². The molecule has 2 N–H and O–H groups in total. The minimum absolute atomic E-state index is 0.00726. The number of carbonyl (C=O) groups is 2. The van der Waals surface area contributed by atoms with E-state index in [0.717, 1.165) is 24.0 Å². The summed E-state index contributed by atoms with van der Waals surface area (Å²) in [5, 5.41) is 1.05. The van der Waals surface area contributed by atoms with Gasteiger partial charge in [-0.05, 0) is 101 Å². The van der Waals surface area contributed by atoms with Crippen LogP contribution in [0.15, 0.2) is 70.6 Å². The van der Waals surface area contributed by atoms with Gasteiger partial charge >= 0.3 is 6.03 Å². The fourth-order valence-corrected chi connectivity index (χ4v) is 10.8. The number of aliphatic imine (C=N–C) groups is 1. The lowest BCUT2D eigenvalue weighted by atomic mass is 9.71. The number of amides is 3. The van der Waals surface area contributed by atoms with Crippen LogP contribution in [-0.4, -0.2) is 84.8 Å². The van der Waals surface area contributed by atoms with E-state index >= 15 is 4.79 Å². The molecule has 11 nitrogen and oxygen atoms in total. The molecule has 3 fully saturated rings. The lowest BCUT2D eigenvalue weighted by Gasteiger charge is -2.47. The summed E-state index contributed by atoms with van der Waals surface area (Å²) in [6.45, 7) is 8.82. The molecule has 0 spiro atoms. The fraction of sp³-hybridized carbons (Fsp3) is 0.475. The van der Waals surface area contributed by atoms with Crippen molar-refractivity contribution in [2.45, 2.75) is 94.1 Å². The number of halogens is 3. The predicted octanol–water partition coefficient (Wildman–Crippen LogP) is 7.59. The van der Waals surface area contributed by atoms with E-state index in [1.54, 1.807) is 34.1 Å². The second kappa shape index (κ2) is 15.2. The Kier molecular flexibility index (Phi) is 11.0. The maximum Gasteiger partial charge on any atom is 0.326 e. The summed E-state index contributed by atoms with van der Waals surface area (Å²) in [7, 11) is -4.13. The number of hydrogen-bond acceptors (Lipinski definition) is 7. The number of likely N-dealkylation sites (tertiary alicyclic amines) is 1. The van der Waals surface area contributed by atoms with Gasteiger partial charge < -0.3 is 20.1 Å². The van der Waals surface area contributed by atoms with Crippen LogP contribution in [0.5, 0.6) is 5.75 Å². The molecule has 0 aromatic heterocycles. The molecular weight excluding hydrogens is 785 g/mol. The third-order valence-corrected chi connectivity index (χ3v) is 14.4. The molecule has 0 unspecified atom stereocenters. The number of urea groups is 1. The van der Waals surface area contributed by atoms with E-state index in [4.69, 9.17) is 55.0 Å². The van der Waals surface area contributed by atoms with E-state index in [1.165, 1.54) is 16.4 Å². The van der Waals surface area contributed by atoms with Gasteiger partial charge in [0.25, 0.3) is 0 Å².